The number of thioether (sulfide) groups is 1. The van der Waals surface area contributed by atoms with Gasteiger partial charge in [-0.2, -0.15) is 0 Å². The van der Waals surface area contributed by atoms with E-state index in [2.05, 4.69) is 0 Å². The number of aromatic nitrogens is 1. The molecule has 0 amide bonds. The van der Waals surface area contributed by atoms with Crippen molar-refractivity contribution >= 4 is 28.4 Å². The lowest BCUT2D eigenvalue weighted by molar-refractivity contribution is 0.547. The molecule has 0 saturated heterocycles. The topological polar surface area (TPSA) is 30.9 Å². The lowest BCUT2D eigenvalue weighted by atomic mass is 10.2. The van der Waals surface area contributed by atoms with E-state index >= 15 is 0 Å². The molecule has 0 aliphatic carbocycles. The smallest absolute Gasteiger partial charge is 0.131 e. The van der Waals surface area contributed by atoms with Gasteiger partial charge in [0.1, 0.15) is 11.6 Å². The van der Waals surface area contributed by atoms with Gasteiger partial charge in [0.25, 0.3) is 0 Å². The van der Waals surface area contributed by atoms with Crippen LogP contribution in [0.5, 0.6) is 0 Å². The van der Waals surface area contributed by atoms with Gasteiger partial charge in [-0.05, 0) is 36.6 Å². The third-order valence-corrected chi connectivity index (χ3v) is 4.26. The van der Waals surface area contributed by atoms with Crippen molar-refractivity contribution in [1.29, 1.82) is 0 Å². The lowest BCUT2D eigenvalue weighted by Crippen LogP contribution is -2.03. The fourth-order valence-electron chi connectivity index (χ4n) is 2.44. The second-order valence-corrected chi connectivity index (χ2v) is 5.65. The Labute approximate surface area is 125 Å². The molecule has 0 aliphatic rings. The average molecular weight is 304 g/mol. The van der Waals surface area contributed by atoms with E-state index in [9.17, 15) is 8.78 Å². The van der Waals surface area contributed by atoms with Gasteiger partial charge in [-0.25, -0.2) is 8.78 Å². The van der Waals surface area contributed by atoms with E-state index in [-0.39, 0.29) is 12.1 Å². The Hall–Kier alpha value is -2.01. The first-order valence-corrected chi connectivity index (χ1v) is 7.68. The number of hydrogen-bond acceptors (Lipinski definition) is 2. The number of hydrogen-bond donors (Lipinski definition) is 1. The van der Waals surface area contributed by atoms with Crippen LogP contribution in [0.2, 0.25) is 0 Å². The van der Waals surface area contributed by atoms with Crippen molar-refractivity contribution in [1.82, 2.24) is 4.57 Å². The number of halogens is 2. The Bertz CT molecular complexity index is 791. The van der Waals surface area contributed by atoms with Crippen molar-refractivity contribution in [2.75, 3.05) is 12.0 Å². The average Bonchev–Trinajstić information content (AvgIpc) is 2.85. The predicted molar refractivity (Wildman–Crippen MR) is 83.6 cm³/mol. The molecule has 0 saturated carbocycles. The number of rotatable bonds is 3. The van der Waals surface area contributed by atoms with Crippen LogP contribution in [0.15, 0.2) is 47.5 Å². The molecule has 5 heteroatoms. The van der Waals surface area contributed by atoms with Crippen molar-refractivity contribution in [3.05, 3.63) is 59.8 Å². The van der Waals surface area contributed by atoms with Gasteiger partial charge in [-0.3, -0.25) is 0 Å². The molecule has 0 fully saturated rings. The molecule has 0 spiro atoms. The SMILES string of the molecule is CSc1cc(N)cc2c1ccn2Cc1c(F)cccc1F. The van der Waals surface area contributed by atoms with Gasteiger partial charge in [-0.1, -0.05) is 6.07 Å². The fourth-order valence-corrected chi connectivity index (χ4v) is 3.09. The largest absolute Gasteiger partial charge is 0.399 e. The Morgan fingerprint density at radius 1 is 1.14 bits per heavy atom. The summed E-state index contributed by atoms with van der Waals surface area (Å²) in [6.07, 6.45) is 3.80. The molecule has 0 bridgehead atoms. The van der Waals surface area contributed by atoms with Gasteiger partial charge in [0, 0.05) is 27.7 Å². The number of benzene rings is 2. The van der Waals surface area contributed by atoms with Gasteiger partial charge in [0.2, 0.25) is 0 Å². The van der Waals surface area contributed by atoms with Gasteiger partial charge in [0.05, 0.1) is 12.1 Å². The Morgan fingerprint density at radius 2 is 1.86 bits per heavy atom. The summed E-state index contributed by atoms with van der Waals surface area (Å²) in [6.45, 7) is 0.138. The monoisotopic (exact) mass is 304 g/mol. The maximum absolute atomic E-state index is 13.8. The van der Waals surface area contributed by atoms with Crippen LogP contribution >= 0.6 is 11.8 Å². The van der Waals surface area contributed by atoms with Crippen molar-refractivity contribution < 1.29 is 8.78 Å². The number of nitrogens with two attached hydrogens (primary N) is 1. The number of anilines is 1. The minimum Gasteiger partial charge on any atom is -0.399 e. The van der Waals surface area contributed by atoms with Crippen LogP contribution in [-0.4, -0.2) is 10.8 Å². The first kappa shape index (κ1) is 13.9. The van der Waals surface area contributed by atoms with Crippen LogP contribution in [0.3, 0.4) is 0 Å². The van der Waals surface area contributed by atoms with Crippen LogP contribution < -0.4 is 5.73 Å². The normalized spacial score (nSPS) is 11.2. The first-order valence-electron chi connectivity index (χ1n) is 6.45. The summed E-state index contributed by atoms with van der Waals surface area (Å²) in [7, 11) is 0. The first-order chi connectivity index (χ1) is 10.1. The highest BCUT2D eigenvalue weighted by atomic mass is 32.2. The minimum absolute atomic E-state index is 0.0585. The summed E-state index contributed by atoms with van der Waals surface area (Å²) in [5.41, 5.74) is 7.48. The van der Waals surface area contributed by atoms with Crippen LogP contribution in [-0.2, 0) is 6.54 Å². The molecule has 1 heterocycles. The zero-order chi connectivity index (χ0) is 15.0. The molecule has 2 nitrogen and oxygen atoms in total. The third kappa shape index (κ3) is 2.49. The van der Waals surface area contributed by atoms with Crippen molar-refractivity contribution in [3.63, 3.8) is 0 Å². The standard InChI is InChI=1S/C16H14F2N2S/c1-21-16-8-10(19)7-15-11(16)5-6-20(15)9-12-13(17)3-2-4-14(12)18/h2-8H,9,19H2,1H3. The molecule has 0 radical (unpaired) electrons. The van der Waals surface area contributed by atoms with E-state index in [1.807, 2.05) is 35.2 Å². The highest BCUT2D eigenvalue weighted by molar-refractivity contribution is 7.98. The second-order valence-electron chi connectivity index (χ2n) is 4.80. The molecule has 1 aromatic heterocycles. The van der Waals surface area contributed by atoms with Gasteiger partial charge in [0.15, 0.2) is 0 Å². The zero-order valence-electron chi connectivity index (χ0n) is 11.4. The maximum atomic E-state index is 13.8. The van der Waals surface area contributed by atoms with Gasteiger partial charge < -0.3 is 10.3 Å². The molecular formula is C16H14F2N2S. The number of fused-ring (bicyclic) bond motifs is 1. The number of nitrogens with zero attached hydrogens (tertiary/aromatic N) is 1. The molecule has 2 aromatic carbocycles. The molecular weight excluding hydrogens is 290 g/mol. The second kappa shape index (κ2) is 5.41. The fraction of sp³-hybridized carbons (Fsp3) is 0.125. The molecule has 3 rings (SSSR count). The van der Waals surface area contributed by atoms with Crippen LogP contribution in [0, 0.1) is 11.6 Å². The maximum Gasteiger partial charge on any atom is 0.131 e. The summed E-state index contributed by atoms with van der Waals surface area (Å²) in [6, 6.07) is 9.58. The zero-order valence-corrected chi connectivity index (χ0v) is 12.3. The van der Waals surface area contributed by atoms with E-state index in [4.69, 9.17) is 5.73 Å². The minimum atomic E-state index is -0.536. The lowest BCUT2D eigenvalue weighted by Gasteiger charge is -2.09. The van der Waals surface area contributed by atoms with E-state index in [1.54, 1.807) is 11.8 Å². The van der Waals surface area contributed by atoms with Crippen molar-refractivity contribution in [2.45, 2.75) is 11.4 Å². The van der Waals surface area contributed by atoms with Crippen LogP contribution in [0.1, 0.15) is 5.56 Å². The molecule has 0 unspecified atom stereocenters. The van der Waals surface area contributed by atoms with Crippen LogP contribution in [0.25, 0.3) is 10.9 Å². The van der Waals surface area contributed by atoms with E-state index in [0.717, 1.165) is 15.8 Å². The van der Waals surface area contributed by atoms with E-state index in [1.165, 1.54) is 18.2 Å². The molecule has 108 valence electrons. The van der Waals surface area contributed by atoms with E-state index < -0.39 is 11.6 Å². The predicted octanol–water partition coefficient (Wildman–Crippen LogP) is 4.27. The van der Waals surface area contributed by atoms with Crippen molar-refractivity contribution in [3.8, 4) is 0 Å². The van der Waals surface area contributed by atoms with Crippen molar-refractivity contribution in [2.24, 2.45) is 0 Å². The Kier molecular flexibility index (Phi) is 3.59. The highest BCUT2D eigenvalue weighted by Crippen LogP contribution is 2.30. The molecule has 0 aliphatic heterocycles. The molecule has 2 N–H and O–H groups in total. The summed E-state index contributed by atoms with van der Waals surface area (Å²) < 4.78 is 29.4. The summed E-state index contributed by atoms with van der Waals surface area (Å²) in [5.74, 6) is -1.07. The molecule has 3 aromatic rings. The highest BCUT2D eigenvalue weighted by Gasteiger charge is 2.12. The van der Waals surface area contributed by atoms with Crippen LogP contribution in [0.4, 0.5) is 14.5 Å². The van der Waals surface area contributed by atoms with E-state index in [0.29, 0.717) is 5.69 Å². The molecule has 0 atom stereocenters. The number of nitrogen functional groups attached to an aromatic ring is 1. The summed E-state index contributed by atoms with van der Waals surface area (Å²) >= 11 is 1.60. The Balaban J connectivity index is 2.12. The summed E-state index contributed by atoms with van der Waals surface area (Å²) in [5, 5.41) is 1.04. The molecule has 21 heavy (non-hydrogen) atoms. The summed E-state index contributed by atoms with van der Waals surface area (Å²) in [4.78, 5) is 1.05. The quantitative estimate of drug-likeness (QED) is 0.578. The van der Waals surface area contributed by atoms with Gasteiger partial charge in [-0.15, -0.1) is 11.8 Å². The third-order valence-electron chi connectivity index (χ3n) is 3.48. The Morgan fingerprint density at radius 3 is 2.52 bits per heavy atom. The van der Waals surface area contributed by atoms with Gasteiger partial charge >= 0.3 is 0 Å².